The Labute approximate surface area is 84.5 Å². The molecule has 1 heteroatoms. The summed E-state index contributed by atoms with van der Waals surface area (Å²) in [5.74, 6) is 3.94. The summed E-state index contributed by atoms with van der Waals surface area (Å²) in [5, 5.41) is 0. The van der Waals surface area contributed by atoms with Crippen LogP contribution in [-0.4, -0.2) is 13.2 Å². The van der Waals surface area contributed by atoms with Gasteiger partial charge in [-0.05, 0) is 36.5 Å². The minimum absolute atomic E-state index is 0.642. The lowest BCUT2D eigenvalue weighted by molar-refractivity contribution is 0.0733. The first-order chi connectivity index (χ1) is 6.91. The Morgan fingerprint density at radius 1 is 1.07 bits per heavy atom. The lowest BCUT2D eigenvalue weighted by atomic mass is 9.82. The lowest BCUT2D eigenvalue weighted by Crippen LogP contribution is -2.24. The first-order valence-corrected chi connectivity index (χ1v) is 6.17. The second-order valence-electron chi connectivity index (χ2n) is 6.16. The minimum Gasteiger partial charge on any atom is -0.380 e. The van der Waals surface area contributed by atoms with E-state index < -0.39 is 0 Å². The maximum absolute atomic E-state index is 5.80. The standard InChI is InChI=1S/C13H16O/c1-2-8-9(3-1)12-6-14-7-13(12)10(8)4-5-11(12)13/h4-5,8-11H,1-3,6-7H2/t8-,9+,10-,11?,12-,13+/m0/s1. The predicted molar refractivity (Wildman–Crippen MR) is 52.6 cm³/mol. The van der Waals surface area contributed by atoms with Crippen molar-refractivity contribution in [2.45, 2.75) is 19.3 Å². The summed E-state index contributed by atoms with van der Waals surface area (Å²) in [4.78, 5) is 0. The third-order valence-electron chi connectivity index (χ3n) is 6.37. The summed E-state index contributed by atoms with van der Waals surface area (Å²) in [6, 6.07) is 0. The molecule has 1 unspecified atom stereocenters. The Balaban J connectivity index is 1.77. The fourth-order valence-electron chi connectivity index (χ4n) is 6.15. The number of hydrogen-bond acceptors (Lipinski definition) is 1. The zero-order chi connectivity index (χ0) is 8.97. The molecule has 1 saturated heterocycles. The molecule has 0 aromatic heterocycles. The topological polar surface area (TPSA) is 9.23 Å². The SMILES string of the molecule is C1=C[C@H]2[C@H]3CCC[C@H]3[C@]34COC[C@]23C14. The number of allylic oxidation sites excluding steroid dienone is 2. The van der Waals surface area contributed by atoms with Gasteiger partial charge in [0.1, 0.15) is 0 Å². The van der Waals surface area contributed by atoms with E-state index in [1.807, 2.05) is 0 Å². The first kappa shape index (κ1) is 7.05. The van der Waals surface area contributed by atoms with E-state index in [0.717, 1.165) is 36.9 Å². The summed E-state index contributed by atoms with van der Waals surface area (Å²) >= 11 is 0. The highest BCUT2D eigenvalue weighted by Crippen LogP contribution is 2.90. The fraction of sp³-hybridized carbons (Fsp3) is 0.846. The van der Waals surface area contributed by atoms with Gasteiger partial charge in [0.15, 0.2) is 0 Å². The number of rotatable bonds is 0. The number of fused-ring (bicyclic) bond motifs is 2. The molecule has 1 spiro atoms. The molecular formula is C13H16O. The van der Waals surface area contributed by atoms with Crippen LogP contribution in [0.5, 0.6) is 0 Å². The van der Waals surface area contributed by atoms with Crippen molar-refractivity contribution in [2.75, 3.05) is 13.2 Å². The van der Waals surface area contributed by atoms with Gasteiger partial charge in [-0.2, -0.15) is 0 Å². The zero-order valence-electron chi connectivity index (χ0n) is 8.41. The molecule has 14 heavy (non-hydrogen) atoms. The van der Waals surface area contributed by atoms with E-state index >= 15 is 0 Å². The van der Waals surface area contributed by atoms with Gasteiger partial charge in [0.25, 0.3) is 0 Å². The van der Waals surface area contributed by atoms with Crippen LogP contribution in [0.15, 0.2) is 12.2 Å². The van der Waals surface area contributed by atoms with Crippen molar-refractivity contribution in [3.63, 3.8) is 0 Å². The van der Waals surface area contributed by atoms with Crippen molar-refractivity contribution in [1.29, 1.82) is 0 Å². The molecule has 0 bridgehead atoms. The van der Waals surface area contributed by atoms with Crippen LogP contribution < -0.4 is 0 Å². The molecule has 1 nitrogen and oxygen atoms in total. The van der Waals surface area contributed by atoms with E-state index in [1.54, 1.807) is 0 Å². The quantitative estimate of drug-likeness (QED) is 0.530. The summed E-state index contributed by atoms with van der Waals surface area (Å²) in [7, 11) is 0. The van der Waals surface area contributed by atoms with E-state index in [9.17, 15) is 0 Å². The van der Waals surface area contributed by atoms with Crippen molar-refractivity contribution in [3.8, 4) is 0 Å². The summed E-state index contributed by atoms with van der Waals surface area (Å²) in [6.45, 7) is 2.18. The van der Waals surface area contributed by atoms with Gasteiger partial charge >= 0.3 is 0 Å². The van der Waals surface area contributed by atoms with Gasteiger partial charge in [-0.25, -0.2) is 0 Å². The Bertz CT molecular complexity index is 360. The van der Waals surface area contributed by atoms with E-state index in [-0.39, 0.29) is 0 Å². The molecule has 1 heterocycles. The molecule has 6 atom stereocenters. The van der Waals surface area contributed by atoms with Crippen LogP contribution in [0.2, 0.25) is 0 Å². The molecule has 4 aliphatic carbocycles. The number of hydrogen-bond donors (Lipinski definition) is 0. The molecule has 0 amide bonds. The highest BCUT2D eigenvalue weighted by molar-refractivity contribution is 5.44. The Hall–Kier alpha value is -0.300. The average molecular weight is 188 g/mol. The molecule has 0 aromatic carbocycles. The van der Waals surface area contributed by atoms with Crippen LogP contribution in [0.25, 0.3) is 0 Å². The Morgan fingerprint density at radius 2 is 2.00 bits per heavy atom. The van der Waals surface area contributed by atoms with Gasteiger partial charge < -0.3 is 4.74 Å². The van der Waals surface area contributed by atoms with Crippen LogP contribution in [0.4, 0.5) is 0 Å². The van der Waals surface area contributed by atoms with Crippen LogP contribution in [0.1, 0.15) is 19.3 Å². The molecule has 0 N–H and O–H groups in total. The van der Waals surface area contributed by atoms with Crippen LogP contribution in [-0.2, 0) is 4.74 Å². The molecule has 5 aliphatic rings. The normalized spacial score (nSPS) is 70.9. The molecule has 1 aliphatic heterocycles. The zero-order valence-corrected chi connectivity index (χ0v) is 8.41. The molecule has 0 radical (unpaired) electrons. The van der Waals surface area contributed by atoms with Gasteiger partial charge in [-0.3, -0.25) is 0 Å². The minimum atomic E-state index is 0.642. The monoisotopic (exact) mass is 188 g/mol. The van der Waals surface area contributed by atoms with Crippen molar-refractivity contribution < 1.29 is 4.74 Å². The first-order valence-electron chi connectivity index (χ1n) is 6.17. The second-order valence-corrected chi connectivity index (χ2v) is 6.16. The Morgan fingerprint density at radius 3 is 3.00 bits per heavy atom. The van der Waals surface area contributed by atoms with Gasteiger partial charge in [0, 0.05) is 10.8 Å². The molecular weight excluding hydrogens is 172 g/mol. The molecule has 3 saturated carbocycles. The summed E-state index contributed by atoms with van der Waals surface area (Å²) in [5.41, 5.74) is 1.30. The van der Waals surface area contributed by atoms with Gasteiger partial charge in [-0.1, -0.05) is 18.6 Å². The molecule has 74 valence electrons. The largest absolute Gasteiger partial charge is 0.380 e. The second kappa shape index (κ2) is 1.73. The molecule has 5 rings (SSSR count). The van der Waals surface area contributed by atoms with Crippen molar-refractivity contribution in [3.05, 3.63) is 12.2 Å². The van der Waals surface area contributed by atoms with Gasteiger partial charge in [0.2, 0.25) is 0 Å². The fourth-order valence-corrected chi connectivity index (χ4v) is 6.15. The third-order valence-corrected chi connectivity index (χ3v) is 6.37. The molecule has 0 aromatic rings. The lowest BCUT2D eigenvalue weighted by Gasteiger charge is -2.26. The summed E-state index contributed by atoms with van der Waals surface area (Å²) in [6.07, 6.45) is 9.60. The van der Waals surface area contributed by atoms with Crippen molar-refractivity contribution in [2.24, 2.45) is 34.5 Å². The van der Waals surface area contributed by atoms with E-state index in [0.29, 0.717) is 10.8 Å². The van der Waals surface area contributed by atoms with Crippen molar-refractivity contribution >= 4 is 0 Å². The smallest absolute Gasteiger partial charge is 0.0540 e. The predicted octanol–water partition coefficient (Wildman–Crippen LogP) is 2.24. The van der Waals surface area contributed by atoms with Crippen LogP contribution in [0, 0.1) is 34.5 Å². The van der Waals surface area contributed by atoms with Crippen molar-refractivity contribution in [1.82, 2.24) is 0 Å². The van der Waals surface area contributed by atoms with Gasteiger partial charge in [0.05, 0.1) is 13.2 Å². The van der Waals surface area contributed by atoms with Crippen LogP contribution in [0.3, 0.4) is 0 Å². The van der Waals surface area contributed by atoms with Gasteiger partial charge in [-0.15, -0.1) is 0 Å². The van der Waals surface area contributed by atoms with E-state index in [1.165, 1.54) is 19.3 Å². The Kier molecular flexibility index (Phi) is 0.872. The van der Waals surface area contributed by atoms with E-state index in [4.69, 9.17) is 4.74 Å². The highest BCUT2D eigenvalue weighted by Gasteiger charge is 2.89. The van der Waals surface area contributed by atoms with E-state index in [2.05, 4.69) is 12.2 Å². The number of ether oxygens (including phenoxy) is 1. The highest BCUT2D eigenvalue weighted by atomic mass is 16.5. The average Bonchev–Trinajstić information content (AvgIpc) is 2.70. The van der Waals surface area contributed by atoms with Crippen LogP contribution >= 0.6 is 0 Å². The maximum atomic E-state index is 5.80. The maximum Gasteiger partial charge on any atom is 0.0540 e. The third kappa shape index (κ3) is 0.402. The molecule has 4 fully saturated rings. The summed E-state index contributed by atoms with van der Waals surface area (Å²) < 4.78 is 5.80.